The van der Waals surface area contributed by atoms with Crippen LogP contribution in [0, 0.1) is 6.42 Å². The highest BCUT2D eigenvalue weighted by atomic mass is 32.2. The van der Waals surface area contributed by atoms with Gasteiger partial charge in [-0.25, -0.2) is 0 Å². The second-order valence-electron chi connectivity index (χ2n) is 1.61. The van der Waals surface area contributed by atoms with Gasteiger partial charge in [-0.15, -0.1) is 0 Å². The topological polar surface area (TPSA) is 37.3 Å². The van der Waals surface area contributed by atoms with Gasteiger partial charge in [0.25, 0.3) is 0 Å². The van der Waals surface area contributed by atoms with Crippen LogP contribution in [0.25, 0.3) is 0 Å². The Bertz CT molecular complexity index is 83.1. The Kier molecular flexibility index (Phi) is 6.09. The lowest BCUT2D eigenvalue weighted by molar-refractivity contribution is -0.113. The average Bonchev–Trinajstić information content (AvgIpc) is 1.80. The molecule has 0 atom stereocenters. The van der Waals surface area contributed by atoms with E-state index in [0.29, 0.717) is 5.75 Å². The summed E-state index contributed by atoms with van der Waals surface area (Å²) in [4.78, 5) is 10.3. The highest BCUT2D eigenvalue weighted by molar-refractivity contribution is 7.99. The molecule has 0 aliphatic heterocycles. The molecule has 0 aliphatic rings. The highest BCUT2D eigenvalue weighted by Crippen LogP contribution is 1.99. The van der Waals surface area contributed by atoms with Crippen LogP contribution in [0.2, 0.25) is 0 Å². The maximum absolute atomic E-state index is 10.3. The van der Waals surface area contributed by atoms with E-state index in [1.54, 1.807) is 18.2 Å². The molecule has 0 fully saturated rings. The molecule has 2 nitrogen and oxygen atoms in total. The standard InChI is InChI=1S/C6H11O2S/c1-6(8)2-4-9-5-3-7/h2,7H,3-5H2,1H3. The number of hydrogen-bond acceptors (Lipinski definition) is 3. The summed E-state index contributed by atoms with van der Waals surface area (Å²) in [7, 11) is 0. The van der Waals surface area contributed by atoms with Crippen LogP contribution in [0.4, 0.5) is 0 Å². The van der Waals surface area contributed by atoms with Crippen molar-refractivity contribution in [3.05, 3.63) is 6.42 Å². The molecule has 1 radical (unpaired) electrons. The van der Waals surface area contributed by atoms with E-state index >= 15 is 0 Å². The van der Waals surface area contributed by atoms with E-state index in [9.17, 15) is 4.79 Å². The normalized spacial score (nSPS) is 9.56. The maximum Gasteiger partial charge on any atom is 0.134 e. The molecule has 0 aromatic rings. The van der Waals surface area contributed by atoms with Crippen molar-refractivity contribution in [2.75, 3.05) is 18.1 Å². The summed E-state index contributed by atoms with van der Waals surface area (Å²) in [5.74, 6) is 1.53. The number of ketones is 1. The summed E-state index contributed by atoms with van der Waals surface area (Å²) in [5.41, 5.74) is 0. The second kappa shape index (κ2) is 6.11. The monoisotopic (exact) mass is 147 g/mol. The quantitative estimate of drug-likeness (QED) is 0.575. The molecule has 53 valence electrons. The van der Waals surface area contributed by atoms with Crippen molar-refractivity contribution in [1.29, 1.82) is 0 Å². The number of carbonyl (C=O) groups is 1. The Morgan fingerprint density at radius 2 is 2.44 bits per heavy atom. The average molecular weight is 147 g/mol. The van der Waals surface area contributed by atoms with Crippen molar-refractivity contribution in [3.63, 3.8) is 0 Å². The van der Waals surface area contributed by atoms with Crippen LogP contribution in [0.3, 0.4) is 0 Å². The zero-order valence-electron chi connectivity index (χ0n) is 5.46. The lowest BCUT2D eigenvalue weighted by Gasteiger charge is -1.93. The van der Waals surface area contributed by atoms with Gasteiger partial charge in [-0.3, -0.25) is 4.79 Å². The molecular weight excluding hydrogens is 136 g/mol. The fraction of sp³-hybridized carbons (Fsp3) is 0.667. The van der Waals surface area contributed by atoms with Crippen LogP contribution in [-0.4, -0.2) is 29.0 Å². The Labute approximate surface area is 59.6 Å². The molecular formula is C6H11O2S. The Hall–Kier alpha value is -0.0200. The molecule has 0 spiro atoms. The third kappa shape index (κ3) is 7.98. The van der Waals surface area contributed by atoms with E-state index < -0.39 is 0 Å². The van der Waals surface area contributed by atoms with Crippen molar-refractivity contribution in [1.82, 2.24) is 0 Å². The predicted octanol–water partition coefficient (Wildman–Crippen LogP) is 0.505. The Balaban J connectivity index is 2.83. The van der Waals surface area contributed by atoms with E-state index in [4.69, 9.17) is 5.11 Å². The van der Waals surface area contributed by atoms with Crippen molar-refractivity contribution in [2.45, 2.75) is 6.92 Å². The fourth-order valence-electron chi connectivity index (χ4n) is 0.324. The largest absolute Gasteiger partial charge is 0.396 e. The van der Waals surface area contributed by atoms with Gasteiger partial charge in [-0.2, -0.15) is 11.8 Å². The second-order valence-corrected chi connectivity index (χ2v) is 2.76. The van der Waals surface area contributed by atoms with E-state index in [0.717, 1.165) is 5.75 Å². The molecule has 0 amide bonds. The molecule has 0 rings (SSSR count). The van der Waals surface area contributed by atoms with Gasteiger partial charge in [0.1, 0.15) is 5.78 Å². The van der Waals surface area contributed by atoms with Crippen molar-refractivity contribution in [2.24, 2.45) is 0 Å². The summed E-state index contributed by atoms with van der Waals surface area (Å²) in [6.45, 7) is 1.72. The van der Waals surface area contributed by atoms with Crippen molar-refractivity contribution >= 4 is 17.5 Å². The zero-order chi connectivity index (χ0) is 7.11. The molecule has 0 saturated heterocycles. The first-order valence-electron chi connectivity index (χ1n) is 2.79. The number of hydrogen-bond donors (Lipinski definition) is 1. The summed E-state index contributed by atoms with van der Waals surface area (Å²) in [5, 5.41) is 8.31. The molecule has 0 unspecified atom stereocenters. The summed E-state index contributed by atoms with van der Waals surface area (Å²) >= 11 is 1.56. The molecule has 0 aromatic carbocycles. The van der Waals surface area contributed by atoms with E-state index in [1.807, 2.05) is 0 Å². The molecule has 3 heteroatoms. The van der Waals surface area contributed by atoms with Gasteiger partial charge >= 0.3 is 0 Å². The van der Waals surface area contributed by atoms with Crippen LogP contribution in [0.1, 0.15) is 6.92 Å². The number of aliphatic hydroxyl groups is 1. The predicted molar refractivity (Wildman–Crippen MR) is 39.4 cm³/mol. The molecule has 1 N–H and O–H groups in total. The van der Waals surface area contributed by atoms with Gasteiger partial charge in [0.15, 0.2) is 0 Å². The molecule has 9 heavy (non-hydrogen) atoms. The maximum atomic E-state index is 10.3. The van der Waals surface area contributed by atoms with Crippen molar-refractivity contribution < 1.29 is 9.90 Å². The SMILES string of the molecule is CC(=O)[CH]CSCCO. The smallest absolute Gasteiger partial charge is 0.134 e. The van der Waals surface area contributed by atoms with Crippen LogP contribution in [0.15, 0.2) is 0 Å². The Morgan fingerprint density at radius 1 is 1.78 bits per heavy atom. The van der Waals surface area contributed by atoms with Gasteiger partial charge in [0, 0.05) is 17.9 Å². The number of Topliss-reactive ketones (excluding diaryl/α,β-unsaturated/α-hetero) is 1. The summed E-state index contributed by atoms with van der Waals surface area (Å²) in [6.07, 6.45) is 1.61. The first-order valence-corrected chi connectivity index (χ1v) is 3.95. The molecule has 0 aliphatic carbocycles. The summed E-state index contributed by atoms with van der Waals surface area (Å²) < 4.78 is 0. The van der Waals surface area contributed by atoms with Gasteiger partial charge in [-0.1, -0.05) is 0 Å². The minimum Gasteiger partial charge on any atom is -0.396 e. The molecule has 0 aromatic heterocycles. The van der Waals surface area contributed by atoms with Crippen molar-refractivity contribution in [3.8, 4) is 0 Å². The number of rotatable bonds is 5. The van der Waals surface area contributed by atoms with Gasteiger partial charge in [-0.05, 0) is 6.92 Å². The fourth-order valence-corrected chi connectivity index (χ4v) is 0.972. The lowest BCUT2D eigenvalue weighted by atomic mass is 10.4. The number of aliphatic hydroxyl groups excluding tert-OH is 1. The van der Waals surface area contributed by atoms with Crippen LogP contribution >= 0.6 is 11.8 Å². The third-order valence-electron chi connectivity index (χ3n) is 0.724. The number of thioether (sulfide) groups is 1. The zero-order valence-corrected chi connectivity index (χ0v) is 6.28. The van der Waals surface area contributed by atoms with E-state index in [-0.39, 0.29) is 12.4 Å². The minimum absolute atomic E-state index is 0.0976. The molecule has 0 saturated carbocycles. The molecule has 0 heterocycles. The summed E-state index contributed by atoms with van der Waals surface area (Å²) in [6, 6.07) is 0. The van der Waals surface area contributed by atoms with Crippen LogP contribution in [-0.2, 0) is 4.79 Å². The van der Waals surface area contributed by atoms with E-state index in [2.05, 4.69) is 0 Å². The van der Waals surface area contributed by atoms with Crippen LogP contribution < -0.4 is 0 Å². The first kappa shape index (κ1) is 8.98. The molecule has 0 bridgehead atoms. The highest BCUT2D eigenvalue weighted by Gasteiger charge is 1.92. The Morgan fingerprint density at radius 3 is 2.89 bits per heavy atom. The van der Waals surface area contributed by atoms with Gasteiger partial charge < -0.3 is 5.11 Å². The number of carbonyl (C=O) groups excluding carboxylic acids is 1. The van der Waals surface area contributed by atoms with Crippen LogP contribution in [0.5, 0.6) is 0 Å². The van der Waals surface area contributed by atoms with Gasteiger partial charge in [0.2, 0.25) is 0 Å². The first-order chi connectivity index (χ1) is 4.27. The van der Waals surface area contributed by atoms with E-state index in [1.165, 1.54) is 6.92 Å². The van der Waals surface area contributed by atoms with Gasteiger partial charge in [0.05, 0.1) is 6.61 Å². The lowest BCUT2D eigenvalue weighted by Crippen LogP contribution is -1.95. The third-order valence-corrected chi connectivity index (χ3v) is 1.60. The minimum atomic E-state index is 0.0976.